The third kappa shape index (κ3) is 5.47. The molecule has 0 unspecified atom stereocenters. The van der Waals surface area contributed by atoms with Gasteiger partial charge in [0.05, 0.1) is 4.90 Å². The molecule has 1 aliphatic rings. The number of nitrogens with zero attached hydrogens (tertiary/aromatic N) is 3. The molecule has 0 bridgehead atoms. The van der Waals surface area contributed by atoms with Gasteiger partial charge in [-0.05, 0) is 61.2 Å². The first-order valence-corrected chi connectivity index (χ1v) is 12.2. The summed E-state index contributed by atoms with van der Waals surface area (Å²) >= 11 is 5.97. The minimum atomic E-state index is -3.63. The highest BCUT2D eigenvalue weighted by molar-refractivity contribution is 7.89. The highest BCUT2D eigenvalue weighted by Crippen LogP contribution is 2.24. The number of sulfonamides is 1. The smallest absolute Gasteiger partial charge is 0.253 e. The fourth-order valence-electron chi connectivity index (χ4n) is 3.78. The van der Waals surface area contributed by atoms with Crippen LogP contribution in [0.15, 0.2) is 41.3 Å². The molecule has 0 radical (unpaired) electrons. The molecule has 0 aliphatic carbocycles. The number of carbonyl (C=O) groups excluding carboxylic acids is 1. The van der Waals surface area contributed by atoms with Crippen molar-refractivity contribution in [3.8, 4) is 0 Å². The molecule has 2 aromatic rings. The maximum absolute atomic E-state index is 13.3. The summed E-state index contributed by atoms with van der Waals surface area (Å²) < 4.78 is 26.7. The van der Waals surface area contributed by atoms with E-state index in [9.17, 15) is 13.2 Å². The summed E-state index contributed by atoms with van der Waals surface area (Å²) in [6, 6.07) is 11.2. The van der Waals surface area contributed by atoms with E-state index in [1.807, 2.05) is 36.1 Å². The van der Waals surface area contributed by atoms with E-state index in [1.165, 1.54) is 30.0 Å². The highest BCUT2D eigenvalue weighted by atomic mass is 35.5. The summed E-state index contributed by atoms with van der Waals surface area (Å²) in [6.07, 6.45) is 0.868. The predicted octanol–water partition coefficient (Wildman–Crippen LogP) is 3.56. The van der Waals surface area contributed by atoms with Crippen LogP contribution in [0.3, 0.4) is 0 Å². The number of rotatable bonds is 5. The lowest BCUT2D eigenvalue weighted by molar-refractivity contribution is 0.0760. The number of aryl methyl sites for hydroxylation is 1. The molecule has 1 amide bonds. The Morgan fingerprint density at radius 2 is 1.71 bits per heavy atom. The van der Waals surface area contributed by atoms with E-state index < -0.39 is 10.0 Å². The zero-order valence-corrected chi connectivity index (χ0v) is 20.1. The van der Waals surface area contributed by atoms with Gasteiger partial charge in [0.1, 0.15) is 0 Å². The highest BCUT2D eigenvalue weighted by Gasteiger charge is 2.26. The summed E-state index contributed by atoms with van der Waals surface area (Å²) in [5, 5.41) is 0.723. The van der Waals surface area contributed by atoms with Crippen LogP contribution in [0.2, 0.25) is 5.02 Å². The van der Waals surface area contributed by atoms with E-state index in [2.05, 4.69) is 4.90 Å². The molecule has 1 aliphatic heterocycles. The molecule has 0 atom stereocenters. The fourth-order valence-corrected chi connectivity index (χ4v) is 5.12. The van der Waals surface area contributed by atoms with Gasteiger partial charge < -0.3 is 4.90 Å². The van der Waals surface area contributed by atoms with E-state index in [0.717, 1.165) is 36.6 Å². The first kappa shape index (κ1) is 23.7. The van der Waals surface area contributed by atoms with Crippen molar-refractivity contribution in [2.45, 2.75) is 31.7 Å². The Balaban J connectivity index is 1.76. The van der Waals surface area contributed by atoms with Crippen molar-refractivity contribution in [2.24, 2.45) is 0 Å². The summed E-state index contributed by atoms with van der Waals surface area (Å²) in [7, 11) is -0.620. The van der Waals surface area contributed by atoms with E-state index in [1.54, 1.807) is 13.0 Å². The van der Waals surface area contributed by atoms with E-state index >= 15 is 0 Å². The van der Waals surface area contributed by atoms with Crippen LogP contribution in [0.4, 0.5) is 0 Å². The number of amides is 1. The van der Waals surface area contributed by atoms with Crippen LogP contribution in [-0.4, -0.2) is 68.7 Å². The predicted molar refractivity (Wildman–Crippen MR) is 124 cm³/mol. The second kappa shape index (κ2) is 9.69. The van der Waals surface area contributed by atoms with Crippen LogP contribution in [-0.2, 0) is 16.6 Å². The molecule has 1 saturated heterocycles. The van der Waals surface area contributed by atoms with Crippen LogP contribution >= 0.6 is 11.6 Å². The van der Waals surface area contributed by atoms with Gasteiger partial charge in [-0.3, -0.25) is 9.69 Å². The number of hydrogen-bond donors (Lipinski definition) is 0. The van der Waals surface area contributed by atoms with Gasteiger partial charge in [0.2, 0.25) is 10.0 Å². The molecule has 8 heteroatoms. The summed E-state index contributed by atoms with van der Waals surface area (Å²) in [5.41, 5.74) is 3.09. The number of halogens is 1. The lowest BCUT2D eigenvalue weighted by Gasteiger charge is -2.23. The quantitative estimate of drug-likeness (QED) is 0.680. The summed E-state index contributed by atoms with van der Waals surface area (Å²) in [5.74, 6) is -0.119. The average Bonchev–Trinajstić information content (AvgIpc) is 2.96. The van der Waals surface area contributed by atoms with Crippen molar-refractivity contribution in [3.05, 3.63) is 63.7 Å². The van der Waals surface area contributed by atoms with E-state index in [-0.39, 0.29) is 10.8 Å². The van der Waals surface area contributed by atoms with Gasteiger partial charge in [-0.1, -0.05) is 23.7 Å². The van der Waals surface area contributed by atoms with E-state index in [0.29, 0.717) is 24.2 Å². The second-order valence-corrected chi connectivity index (χ2v) is 10.8. The molecule has 0 aromatic heterocycles. The van der Waals surface area contributed by atoms with Gasteiger partial charge in [0.25, 0.3) is 5.91 Å². The van der Waals surface area contributed by atoms with Gasteiger partial charge in [0.15, 0.2) is 0 Å². The maximum Gasteiger partial charge on any atom is 0.253 e. The lowest BCUT2D eigenvalue weighted by atomic mass is 10.1. The van der Waals surface area contributed by atoms with Crippen LogP contribution < -0.4 is 0 Å². The van der Waals surface area contributed by atoms with Crippen LogP contribution in [0, 0.1) is 13.8 Å². The molecule has 31 heavy (non-hydrogen) atoms. The summed E-state index contributed by atoms with van der Waals surface area (Å²) in [4.78, 5) is 17.6. The largest absolute Gasteiger partial charge is 0.337 e. The van der Waals surface area contributed by atoms with Crippen molar-refractivity contribution in [1.82, 2.24) is 14.1 Å². The molecule has 6 nitrogen and oxygen atoms in total. The van der Waals surface area contributed by atoms with Gasteiger partial charge in [-0.15, -0.1) is 0 Å². The Kier molecular flexibility index (Phi) is 7.42. The molecule has 1 heterocycles. The van der Waals surface area contributed by atoms with Crippen molar-refractivity contribution in [3.63, 3.8) is 0 Å². The SMILES string of the molecule is Cc1cc(C(=O)N2CCCN(Cc3ccc(Cl)cc3)CC2)cc(S(=O)(=O)N(C)C)c1C. The van der Waals surface area contributed by atoms with Crippen molar-refractivity contribution in [1.29, 1.82) is 0 Å². The molecule has 3 rings (SSSR count). The topological polar surface area (TPSA) is 60.9 Å². The van der Waals surface area contributed by atoms with Crippen molar-refractivity contribution >= 4 is 27.5 Å². The van der Waals surface area contributed by atoms with Crippen LogP contribution in [0.5, 0.6) is 0 Å². The van der Waals surface area contributed by atoms with Crippen LogP contribution in [0.25, 0.3) is 0 Å². The Hall–Kier alpha value is -1.93. The molecular weight excluding hydrogens is 434 g/mol. The average molecular weight is 464 g/mol. The standard InChI is InChI=1S/C23H30ClN3O3S/c1-17-14-20(15-22(18(17)2)31(29,30)25(3)4)23(28)27-11-5-10-26(12-13-27)16-19-6-8-21(24)9-7-19/h6-9,14-15H,5,10-13,16H2,1-4H3. The molecule has 2 aromatic carbocycles. The second-order valence-electron chi connectivity index (χ2n) is 8.25. The molecule has 0 spiro atoms. The zero-order valence-electron chi connectivity index (χ0n) is 18.6. The molecule has 0 N–H and O–H groups in total. The minimum absolute atomic E-state index is 0.119. The number of benzene rings is 2. The van der Waals surface area contributed by atoms with E-state index in [4.69, 9.17) is 11.6 Å². The zero-order chi connectivity index (χ0) is 22.8. The summed E-state index contributed by atoms with van der Waals surface area (Å²) in [6.45, 7) is 7.36. The van der Waals surface area contributed by atoms with Crippen molar-refractivity contribution in [2.75, 3.05) is 40.3 Å². The normalized spacial score (nSPS) is 15.9. The Bertz CT molecular complexity index is 1050. The van der Waals surface area contributed by atoms with Gasteiger partial charge >= 0.3 is 0 Å². The van der Waals surface area contributed by atoms with Gasteiger partial charge in [-0.25, -0.2) is 12.7 Å². The van der Waals surface area contributed by atoms with Crippen molar-refractivity contribution < 1.29 is 13.2 Å². The lowest BCUT2D eigenvalue weighted by Crippen LogP contribution is -2.35. The van der Waals surface area contributed by atoms with Crippen LogP contribution in [0.1, 0.15) is 33.5 Å². The third-order valence-electron chi connectivity index (χ3n) is 5.82. The number of carbonyl (C=O) groups is 1. The first-order valence-electron chi connectivity index (χ1n) is 10.4. The third-order valence-corrected chi connectivity index (χ3v) is 8.01. The Morgan fingerprint density at radius 3 is 2.35 bits per heavy atom. The molecule has 168 valence electrons. The minimum Gasteiger partial charge on any atom is -0.337 e. The number of hydrogen-bond acceptors (Lipinski definition) is 4. The Labute approximate surface area is 190 Å². The monoisotopic (exact) mass is 463 g/mol. The fraction of sp³-hybridized carbons (Fsp3) is 0.435. The molecular formula is C23H30ClN3O3S. The maximum atomic E-state index is 13.3. The Morgan fingerprint density at radius 1 is 1.03 bits per heavy atom. The van der Waals surface area contributed by atoms with Gasteiger partial charge in [-0.2, -0.15) is 0 Å². The molecule has 0 saturated carbocycles. The first-order chi connectivity index (χ1) is 14.6. The molecule has 1 fully saturated rings. The van der Waals surface area contributed by atoms with Gasteiger partial charge in [0, 0.05) is 57.4 Å².